The fourth-order valence-electron chi connectivity index (χ4n) is 3.97. The first-order chi connectivity index (χ1) is 14.5. The number of nitrogens with two attached hydrogens (primary N) is 1. The number of aromatic amines is 1. The van der Waals surface area contributed by atoms with E-state index in [0.717, 1.165) is 38.0 Å². The molecule has 1 aliphatic carbocycles. The minimum absolute atomic E-state index is 0.0109. The predicted molar refractivity (Wildman–Crippen MR) is 111 cm³/mol. The molecule has 0 spiro atoms. The van der Waals surface area contributed by atoms with E-state index >= 15 is 0 Å². The fourth-order valence-corrected chi connectivity index (χ4v) is 3.97. The van der Waals surface area contributed by atoms with Gasteiger partial charge in [0.15, 0.2) is 5.82 Å². The number of aryl methyl sites for hydroxylation is 1. The summed E-state index contributed by atoms with van der Waals surface area (Å²) in [5, 5.41) is 10.3. The number of anilines is 2. The Labute approximate surface area is 173 Å². The van der Waals surface area contributed by atoms with Gasteiger partial charge >= 0.3 is 0 Å². The first-order valence-electron chi connectivity index (χ1n) is 10.2. The van der Waals surface area contributed by atoms with Gasteiger partial charge in [-0.3, -0.25) is 14.5 Å². The standard InChI is InChI=1S/C20H25N7O3/c1-11-8-13(26-25-11)24-18(28)15-14-16(21)22-10-23-17(14)27(20(2)5-6-20)19(15)30-9-12-4-3-7-29-12/h8,10,12H,3-7,9H2,1-2H3,(H2,21,22,23)(H2,24,25,26,28). The molecule has 1 atom stereocenters. The second-order valence-corrected chi connectivity index (χ2v) is 8.31. The Kier molecular flexibility index (Phi) is 4.39. The van der Waals surface area contributed by atoms with Gasteiger partial charge in [-0.2, -0.15) is 5.10 Å². The third-order valence-corrected chi connectivity index (χ3v) is 5.85. The van der Waals surface area contributed by atoms with E-state index in [2.05, 4.69) is 32.4 Å². The van der Waals surface area contributed by atoms with Gasteiger partial charge in [0.2, 0.25) is 5.88 Å². The predicted octanol–water partition coefficient (Wildman–Crippen LogP) is 2.36. The molecule has 4 heterocycles. The average Bonchev–Trinajstić information content (AvgIpc) is 3.10. The molecule has 0 radical (unpaired) electrons. The van der Waals surface area contributed by atoms with Crippen LogP contribution in [0.4, 0.5) is 11.6 Å². The fraction of sp³-hybridized carbons (Fsp3) is 0.500. The Balaban J connectivity index is 1.62. The van der Waals surface area contributed by atoms with E-state index in [1.807, 2.05) is 11.5 Å². The van der Waals surface area contributed by atoms with E-state index < -0.39 is 0 Å². The number of aromatic nitrogens is 5. The Morgan fingerprint density at radius 2 is 2.30 bits per heavy atom. The summed E-state index contributed by atoms with van der Waals surface area (Å²) in [6, 6.07) is 1.76. The minimum atomic E-state index is -0.363. The molecule has 1 amide bonds. The van der Waals surface area contributed by atoms with Crippen molar-refractivity contribution in [1.29, 1.82) is 0 Å². The van der Waals surface area contributed by atoms with Gasteiger partial charge in [0, 0.05) is 23.9 Å². The lowest BCUT2D eigenvalue weighted by atomic mass is 10.2. The van der Waals surface area contributed by atoms with Crippen molar-refractivity contribution in [2.45, 2.75) is 51.2 Å². The summed E-state index contributed by atoms with van der Waals surface area (Å²) >= 11 is 0. The van der Waals surface area contributed by atoms with E-state index in [1.54, 1.807) is 6.07 Å². The highest BCUT2D eigenvalue weighted by atomic mass is 16.5. The molecule has 2 fully saturated rings. The number of rotatable bonds is 6. The molecule has 1 saturated heterocycles. The molecule has 4 N–H and O–H groups in total. The molecule has 0 aromatic carbocycles. The number of H-pyrrole nitrogens is 1. The van der Waals surface area contributed by atoms with Crippen LogP contribution < -0.4 is 15.8 Å². The van der Waals surface area contributed by atoms with Crippen molar-refractivity contribution >= 4 is 28.6 Å². The van der Waals surface area contributed by atoms with Crippen molar-refractivity contribution < 1.29 is 14.3 Å². The number of nitrogens with one attached hydrogen (secondary N) is 2. The SMILES string of the molecule is Cc1cc(NC(=O)c2c(OCC3CCCO3)n(C3(C)CC3)c3ncnc(N)c23)n[nH]1. The summed E-state index contributed by atoms with van der Waals surface area (Å²) in [4.78, 5) is 22.0. The summed E-state index contributed by atoms with van der Waals surface area (Å²) in [6.45, 7) is 5.09. The number of hydrogen-bond donors (Lipinski definition) is 3. The van der Waals surface area contributed by atoms with Crippen LogP contribution in [-0.2, 0) is 10.3 Å². The lowest BCUT2D eigenvalue weighted by Crippen LogP contribution is -2.22. The maximum atomic E-state index is 13.4. The zero-order valence-electron chi connectivity index (χ0n) is 17.1. The molecule has 1 aliphatic heterocycles. The van der Waals surface area contributed by atoms with Gasteiger partial charge in [-0.25, -0.2) is 9.97 Å². The van der Waals surface area contributed by atoms with Crippen LogP contribution in [0.2, 0.25) is 0 Å². The van der Waals surface area contributed by atoms with Crippen LogP contribution in [0, 0.1) is 6.92 Å². The molecule has 0 bridgehead atoms. The Morgan fingerprint density at radius 1 is 1.47 bits per heavy atom. The number of amides is 1. The highest BCUT2D eigenvalue weighted by Gasteiger charge is 2.45. The van der Waals surface area contributed by atoms with Crippen molar-refractivity contribution in [3.63, 3.8) is 0 Å². The average molecular weight is 411 g/mol. The van der Waals surface area contributed by atoms with Crippen LogP contribution >= 0.6 is 0 Å². The van der Waals surface area contributed by atoms with Crippen LogP contribution in [-0.4, -0.2) is 50.0 Å². The molecular formula is C20H25N7O3. The number of nitrogens with zero attached hydrogens (tertiary/aromatic N) is 4. The number of carbonyl (C=O) groups is 1. The Bertz CT molecular complexity index is 1110. The van der Waals surface area contributed by atoms with E-state index in [1.165, 1.54) is 6.33 Å². The quantitative estimate of drug-likeness (QED) is 0.567. The minimum Gasteiger partial charge on any atom is -0.475 e. The largest absolute Gasteiger partial charge is 0.475 e. The Hall–Kier alpha value is -3.14. The molecule has 1 saturated carbocycles. The number of fused-ring (bicyclic) bond motifs is 1. The summed E-state index contributed by atoms with van der Waals surface area (Å²) in [6.07, 6.45) is 5.32. The van der Waals surface area contributed by atoms with Gasteiger partial charge in [0.1, 0.15) is 30.0 Å². The van der Waals surface area contributed by atoms with Gasteiger partial charge in [-0.1, -0.05) is 0 Å². The molecule has 158 valence electrons. The van der Waals surface area contributed by atoms with Crippen molar-refractivity contribution in [2.24, 2.45) is 0 Å². The molecule has 30 heavy (non-hydrogen) atoms. The van der Waals surface area contributed by atoms with Crippen LogP contribution in [0.1, 0.15) is 48.7 Å². The van der Waals surface area contributed by atoms with E-state index in [9.17, 15) is 4.79 Å². The zero-order chi connectivity index (χ0) is 20.9. The molecule has 10 nitrogen and oxygen atoms in total. The second kappa shape index (κ2) is 6.98. The first kappa shape index (κ1) is 18.9. The molecule has 3 aromatic heterocycles. The van der Waals surface area contributed by atoms with Crippen molar-refractivity contribution in [2.75, 3.05) is 24.3 Å². The third-order valence-electron chi connectivity index (χ3n) is 5.85. The highest BCUT2D eigenvalue weighted by molar-refractivity contribution is 6.16. The Morgan fingerprint density at radius 3 is 2.97 bits per heavy atom. The van der Waals surface area contributed by atoms with Crippen LogP contribution in [0.25, 0.3) is 11.0 Å². The van der Waals surface area contributed by atoms with E-state index in [0.29, 0.717) is 34.9 Å². The van der Waals surface area contributed by atoms with Crippen molar-refractivity contribution in [3.8, 4) is 5.88 Å². The van der Waals surface area contributed by atoms with Crippen molar-refractivity contribution in [1.82, 2.24) is 24.7 Å². The lowest BCUT2D eigenvalue weighted by Gasteiger charge is -2.19. The number of nitrogen functional groups attached to an aromatic ring is 1. The molecule has 2 aliphatic rings. The molecule has 10 heteroatoms. The first-order valence-corrected chi connectivity index (χ1v) is 10.2. The number of hydrogen-bond acceptors (Lipinski definition) is 7. The summed E-state index contributed by atoms with van der Waals surface area (Å²) in [7, 11) is 0. The molecular weight excluding hydrogens is 386 g/mol. The van der Waals surface area contributed by atoms with Crippen LogP contribution in [0.5, 0.6) is 5.88 Å². The maximum Gasteiger partial charge on any atom is 0.263 e. The molecule has 1 unspecified atom stereocenters. The molecule has 5 rings (SSSR count). The maximum absolute atomic E-state index is 13.4. The summed E-state index contributed by atoms with van der Waals surface area (Å²) < 4.78 is 14.0. The smallest absolute Gasteiger partial charge is 0.263 e. The van der Waals surface area contributed by atoms with Gasteiger partial charge in [0.25, 0.3) is 5.91 Å². The summed E-state index contributed by atoms with van der Waals surface area (Å²) in [5.41, 5.74) is 7.81. The third kappa shape index (κ3) is 3.17. The van der Waals surface area contributed by atoms with Gasteiger partial charge in [-0.15, -0.1) is 0 Å². The second-order valence-electron chi connectivity index (χ2n) is 8.31. The topological polar surface area (TPSA) is 133 Å². The lowest BCUT2D eigenvalue weighted by molar-refractivity contribution is 0.0636. The van der Waals surface area contributed by atoms with E-state index in [-0.39, 0.29) is 23.4 Å². The van der Waals surface area contributed by atoms with E-state index in [4.69, 9.17) is 15.2 Å². The van der Waals surface area contributed by atoms with Gasteiger partial charge in [0.05, 0.1) is 11.5 Å². The van der Waals surface area contributed by atoms with Gasteiger partial charge in [-0.05, 0) is 39.5 Å². The van der Waals surface area contributed by atoms with Crippen LogP contribution in [0.3, 0.4) is 0 Å². The van der Waals surface area contributed by atoms with Crippen molar-refractivity contribution in [3.05, 3.63) is 23.7 Å². The highest BCUT2D eigenvalue weighted by Crippen LogP contribution is 2.50. The monoisotopic (exact) mass is 411 g/mol. The summed E-state index contributed by atoms with van der Waals surface area (Å²) in [5.74, 6) is 0.764. The number of carbonyl (C=O) groups excluding carboxylic acids is 1. The number of ether oxygens (including phenoxy) is 2. The normalized spacial score (nSPS) is 19.9. The molecule has 3 aromatic rings. The van der Waals surface area contributed by atoms with Gasteiger partial charge < -0.3 is 20.5 Å². The van der Waals surface area contributed by atoms with Crippen LogP contribution in [0.15, 0.2) is 12.4 Å². The zero-order valence-corrected chi connectivity index (χ0v) is 17.1.